The molecule has 11 nitrogen and oxygen atoms in total. The normalized spacial score (nSPS) is 26.8. The van der Waals surface area contributed by atoms with Gasteiger partial charge in [0, 0.05) is 45.7 Å². The molecule has 1 N–H and O–H groups in total. The van der Waals surface area contributed by atoms with Gasteiger partial charge in [0.05, 0.1) is 29.9 Å². The molecule has 7 rings (SSSR count). The molecule has 4 unspecified atom stereocenters. The molecule has 0 saturated carbocycles. The Bertz CT molecular complexity index is 1560. The van der Waals surface area contributed by atoms with Crippen LogP contribution >= 0.6 is 11.8 Å². The number of thioether (sulfide) groups is 1. The van der Waals surface area contributed by atoms with Crippen molar-refractivity contribution in [3.63, 3.8) is 0 Å². The third-order valence-electron chi connectivity index (χ3n) is 9.49. The van der Waals surface area contributed by atoms with E-state index >= 15 is 0 Å². The zero-order chi connectivity index (χ0) is 31.8. The first-order valence-corrected chi connectivity index (χ1v) is 16.8. The van der Waals surface area contributed by atoms with Crippen molar-refractivity contribution in [1.82, 2.24) is 29.6 Å². The molecule has 0 bridgehead atoms. The second kappa shape index (κ2) is 12.9. The van der Waals surface area contributed by atoms with Crippen LogP contribution in [0, 0.1) is 0 Å². The second-order valence-corrected chi connectivity index (χ2v) is 13.6. The summed E-state index contributed by atoms with van der Waals surface area (Å²) < 4.78 is 0. The Kier molecular flexibility index (Phi) is 8.58. The van der Waals surface area contributed by atoms with Crippen LogP contribution in [-0.2, 0) is 22.6 Å². The Labute approximate surface area is 273 Å². The number of carbonyl (C=O) groups is 3. The third kappa shape index (κ3) is 6.04. The first-order chi connectivity index (χ1) is 22.4. The van der Waals surface area contributed by atoms with Crippen molar-refractivity contribution in [3.8, 4) is 5.75 Å². The number of aromatic hydroxyl groups is 1. The number of hydrogen-bond acceptors (Lipinski definition) is 8. The van der Waals surface area contributed by atoms with Gasteiger partial charge in [-0.2, -0.15) is 0 Å². The van der Waals surface area contributed by atoms with E-state index in [1.807, 2.05) is 62.8 Å². The van der Waals surface area contributed by atoms with Gasteiger partial charge in [0.1, 0.15) is 18.0 Å². The van der Waals surface area contributed by atoms with E-state index in [9.17, 15) is 19.5 Å². The van der Waals surface area contributed by atoms with Crippen molar-refractivity contribution in [2.45, 2.75) is 36.5 Å². The van der Waals surface area contributed by atoms with Crippen molar-refractivity contribution in [1.29, 1.82) is 0 Å². The second-order valence-electron chi connectivity index (χ2n) is 12.5. The van der Waals surface area contributed by atoms with Gasteiger partial charge in [-0.3, -0.25) is 14.6 Å². The van der Waals surface area contributed by atoms with Gasteiger partial charge >= 0.3 is 6.03 Å². The summed E-state index contributed by atoms with van der Waals surface area (Å²) in [5.74, 6) is -0.200. The Hall–Kier alpha value is -4.13. The number of carbonyl (C=O) groups excluding carboxylic acids is 3. The Morgan fingerprint density at radius 2 is 1.74 bits per heavy atom. The molecule has 5 aliphatic rings. The number of likely N-dealkylation sites (N-methyl/N-ethyl adjacent to an activating group) is 1. The number of hydrogen-bond donors (Lipinski definition) is 1. The minimum absolute atomic E-state index is 0.0180. The van der Waals surface area contributed by atoms with Crippen LogP contribution in [0.5, 0.6) is 5.75 Å². The van der Waals surface area contributed by atoms with Gasteiger partial charge in [0.25, 0.3) is 0 Å². The SMILES string of the molecule is CN1CCN(C(=O)N2C3CN(CC4=CC=CC5SC=NC45)C(=O)C(Cc4ccc(O)cc4)N3C(=O)CN2Cc2ccccc2)CC1. The molecule has 4 atom stereocenters. The van der Waals surface area contributed by atoms with Gasteiger partial charge in [-0.25, -0.2) is 14.8 Å². The molecular weight excluding hydrogens is 602 g/mol. The summed E-state index contributed by atoms with van der Waals surface area (Å²) in [5.41, 5.74) is 4.74. The minimum atomic E-state index is -0.811. The van der Waals surface area contributed by atoms with E-state index in [0.717, 1.165) is 29.8 Å². The number of allylic oxidation sites excluding steroid dienone is 2. The molecule has 4 aliphatic heterocycles. The van der Waals surface area contributed by atoms with Gasteiger partial charge in [0.15, 0.2) is 0 Å². The zero-order valence-corrected chi connectivity index (χ0v) is 26.7. The van der Waals surface area contributed by atoms with Gasteiger partial charge < -0.3 is 24.7 Å². The van der Waals surface area contributed by atoms with Gasteiger partial charge in [-0.05, 0) is 35.9 Å². The van der Waals surface area contributed by atoms with Crippen LogP contribution in [0.15, 0.2) is 83.4 Å². The fraction of sp³-hybridized carbons (Fsp3) is 0.412. The van der Waals surface area contributed by atoms with Crippen molar-refractivity contribution < 1.29 is 19.5 Å². The topological polar surface area (TPSA) is 103 Å². The van der Waals surface area contributed by atoms with Crippen LogP contribution in [0.2, 0.25) is 0 Å². The molecule has 0 radical (unpaired) electrons. The quantitative estimate of drug-likeness (QED) is 0.517. The standard InChI is InChI=1S/C34H39N7O4S/c1-36-14-16-37(17-15-36)34(45)41-30-21-38(20-26-8-5-9-29-32(26)35-23-46-29)33(44)28(18-24-10-12-27(42)13-11-24)40(30)31(43)22-39(41)19-25-6-3-2-4-7-25/h2-13,23,28-30,32,42H,14-22H2,1H3. The Morgan fingerprint density at radius 1 is 0.978 bits per heavy atom. The maximum atomic E-state index is 14.5. The fourth-order valence-corrected chi connectivity index (χ4v) is 7.91. The predicted octanol–water partition coefficient (Wildman–Crippen LogP) is 2.41. The number of hydrazine groups is 1. The van der Waals surface area contributed by atoms with Crippen LogP contribution < -0.4 is 0 Å². The number of benzene rings is 2. The third-order valence-corrected chi connectivity index (χ3v) is 10.5. The maximum Gasteiger partial charge on any atom is 0.336 e. The number of fused-ring (bicyclic) bond motifs is 2. The van der Waals surface area contributed by atoms with E-state index in [2.05, 4.69) is 18.0 Å². The average Bonchev–Trinajstić information content (AvgIpc) is 3.55. The van der Waals surface area contributed by atoms with Crippen LogP contribution in [0.3, 0.4) is 0 Å². The number of aliphatic imine (C=N–C) groups is 1. The highest BCUT2D eigenvalue weighted by atomic mass is 32.2. The van der Waals surface area contributed by atoms with Crippen molar-refractivity contribution >= 4 is 35.2 Å². The van der Waals surface area contributed by atoms with E-state index in [1.165, 1.54) is 0 Å². The molecule has 0 aromatic heterocycles. The highest BCUT2D eigenvalue weighted by molar-refractivity contribution is 8.13. The summed E-state index contributed by atoms with van der Waals surface area (Å²) in [4.78, 5) is 55.3. The van der Waals surface area contributed by atoms with E-state index in [4.69, 9.17) is 4.99 Å². The lowest BCUT2D eigenvalue weighted by Gasteiger charge is -2.56. The number of urea groups is 1. The first kappa shape index (κ1) is 30.5. The monoisotopic (exact) mass is 641 g/mol. The van der Waals surface area contributed by atoms with E-state index in [-0.39, 0.29) is 54.4 Å². The van der Waals surface area contributed by atoms with Crippen LogP contribution in [-0.4, -0.2) is 134 Å². The molecule has 12 heteroatoms. The Balaban J connectivity index is 1.26. The number of piperazine rings is 2. The van der Waals surface area contributed by atoms with E-state index in [1.54, 1.807) is 45.9 Å². The highest BCUT2D eigenvalue weighted by Gasteiger charge is 2.52. The summed E-state index contributed by atoms with van der Waals surface area (Å²) in [7, 11) is 2.05. The lowest BCUT2D eigenvalue weighted by molar-refractivity contribution is -0.193. The molecule has 3 fully saturated rings. The molecule has 3 saturated heterocycles. The summed E-state index contributed by atoms with van der Waals surface area (Å²) in [6, 6.07) is 15.6. The van der Waals surface area contributed by atoms with Gasteiger partial charge in [-0.15, -0.1) is 11.8 Å². The minimum Gasteiger partial charge on any atom is -0.508 e. The lowest BCUT2D eigenvalue weighted by atomic mass is 9.95. The summed E-state index contributed by atoms with van der Waals surface area (Å²) in [6.07, 6.45) is 5.79. The smallest absolute Gasteiger partial charge is 0.336 e. The lowest BCUT2D eigenvalue weighted by Crippen LogP contribution is -2.77. The molecule has 240 valence electrons. The number of amides is 4. The molecule has 46 heavy (non-hydrogen) atoms. The Morgan fingerprint density at radius 3 is 2.50 bits per heavy atom. The van der Waals surface area contributed by atoms with Crippen molar-refractivity contribution in [2.75, 3.05) is 52.9 Å². The van der Waals surface area contributed by atoms with Crippen molar-refractivity contribution in [2.24, 2.45) is 4.99 Å². The number of nitrogens with zero attached hydrogens (tertiary/aromatic N) is 7. The van der Waals surface area contributed by atoms with Gasteiger partial charge in [-0.1, -0.05) is 60.7 Å². The van der Waals surface area contributed by atoms with Crippen LogP contribution in [0.1, 0.15) is 11.1 Å². The fourth-order valence-electron chi connectivity index (χ4n) is 6.99. The largest absolute Gasteiger partial charge is 0.508 e. The number of phenols is 1. The number of rotatable bonds is 6. The summed E-state index contributed by atoms with van der Waals surface area (Å²) >= 11 is 1.67. The maximum absolute atomic E-state index is 14.5. The molecule has 1 aliphatic carbocycles. The van der Waals surface area contributed by atoms with Crippen molar-refractivity contribution in [3.05, 3.63) is 89.5 Å². The molecule has 0 spiro atoms. The van der Waals surface area contributed by atoms with E-state index in [0.29, 0.717) is 26.2 Å². The summed E-state index contributed by atoms with van der Waals surface area (Å²) in [6.45, 7) is 3.63. The molecule has 2 aromatic carbocycles. The number of phenolic OH excluding ortho intramolecular Hbond substituents is 1. The molecule has 2 aromatic rings. The molecule has 4 heterocycles. The van der Waals surface area contributed by atoms with Crippen LogP contribution in [0.25, 0.3) is 0 Å². The molecule has 4 amide bonds. The zero-order valence-electron chi connectivity index (χ0n) is 25.9. The average molecular weight is 642 g/mol. The molecular formula is C34H39N7O4S. The summed E-state index contributed by atoms with van der Waals surface area (Å²) in [5, 5.41) is 13.7. The van der Waals surface area contributed by atoms with Crippen LogP contribution in [0.4, 0.5) is 4.79 Å². The predicted molar refractivity (Wildman–Crippen MR) is 177 cm³/mol. The first-order valence-electron chi connectivity index (χ1n) is 15.8. The highest BCUT2D eigenvalue weighted by Crippen LogP contribution is 2.34. The van der Waals surface area contributed by atoms with Gasteiger partial charge in [0.2, 0.25) is 11.8 Å². The van der Waals surface area contributed by atoms with E-state index < -0.39 is 12.2 Å².